The number of ether oxygens (including phenoxy) is 3. The lowest BCUT2D eigenvalue weighted by molar-refractivity contribution is -0.138. The van der Waals surface area contributed by atoms with E-state index in [1.165, 1.54) is 0 Å². The highest BCUT2D eigenvalue weighted by atomic mass is 16.5. The maximum atomic E-state index is 11.3. The molecule has 7 nitrogen and oxygen atoms in total. The second kappa shape index (κ2) is 12.2. The number of hydrogen-bond donors (Lipinski definition) is 2. The molecule has 0 aliphatic carbocycles. The lowest BCUT2D eigenvalue weighted by Gasteiger charge is -2.30. The van der Waals surface area contributed by atoms with Gasteiger partial charge in [0.1, 0.15) is 0 Å². The van der Waals surface area contributed by atoms with Crippen molar-refractivity contribution >= 4 is 11.9 Å². The van der Waals surface area contributed by atoms with Crippen LogP contribution in [0, 0.1) is 0 Å². The Balaban J connectivity index is 3.75. The van der Waals surface area contributed by atoms with Crippen molar-refractivity contribution in [3.8, 4) is 0 Å². The van der Waals surface area contributed by atoms with E-state index in [1.54, 1.807) is 7.11 Å². The van der Waals surface area contributed by atoms with Crippen LogP contribution in [-0.4, -0.2) is 61.7 Å². The van der Waals surface area contributed by atoms with Crippen molar-refractivity contribution in [2.24, 2.45) is 0 Å². The fourth-order valence-corrected chi connectivity index (χ4v) is 2.03. The van der Waals surface area contributed by atoms with Crippen molar-refractivity contribution in [3.63, 3.8) is 0 Å². The Kier molecular flexibility index (Phi) is 11.6. The van der Waals surface area contributed by atoms with E-state index in [-0.39, 0.29) is 30.0 Å². The van der Waals surface area contributed by atoms with E-state index in [1.807, 2.05) is 13.8 Å². The van der Waals surface area contributed by atoms with Gasteiger partial charge in [-0.3, -0.25) is 9.59 Å². The molecule has 0 rings (SSSR count). The zero-order valence-electron chi connectivity index (χ0n) is 16.4. The Hall–Kier alpha value is -1.18. The summed E-state index contributed by atoms with van der Waals surface area (Å²) < 4.78 is 16.9. The van der Waals surface area contributed by atoms with Gasteiger partial charge in [0.15, 0.2) is 0 Å². The Morgan fingerprint density at radius 3 is 2.28 bits per heavy atom. The highest BCUT2D eigenvalue weighted by Gasteiger charge is 2.24. The van der Waals surface area contributed by atoms with Gasteiger partial charge in [0.25, 0.3) is 0 Å². The predicted molar refractivity (Wildman–Crippen MR) is 95.7 cm³/mol. The summed E-state index contributed by atoms with van der Waals surface area (Å²) in [5, 5.41) is 11.1. The normalized spacial score (nSPS) is 14.1. The summed E-state index contributed by atoms with van der Waals surface area (Å²) in [4.78, 5) is 21.7. The van der Waals surface area contributed by atoms with E-state index in [0.717, 1.165) is 19.3 Å². The summed E-state index contributed by atoms with van der Waals surface area (Å²) in [5.41, 5.74) is -0.432. The summed E-state index contributed by atoms with van der Waals surface area (Å²) in [6, 6.07) is 0. The lowest BCUT2D eigenvalue weighted by Crippen LogP contribution is -2.33. The number of nitrogens with one attached hydrogen (secondary N) is 1. The standard InChI is InChI=1S/C18H35NO6/c1-6-18(4,23-5)10-13-25-17(2,3)9-12-24-14-11-19-15(20)7-8-16(21)22/h6-14H2,1-5H3,(H,19,20)(H,21,22). The molecule has 1 unspecified atom stereocenters. The molecule has 7 heteroatoms. The van der Waals surface area contributed by atoms with E-state index in [4.69, 9.17) is 19.3 Å². The molecule has 0 spiro atoms. The minimum absolute atomic E-state index is 0.00560. The summed E-state index contributed by atoms with van der Waals surface area (Å²) in [6.45, 7) is 10.2. The molecule has 0 bridgehead atoms. The molecule has 0 saturated carbocycles. The van der Waals surface area contributed by atoms with Gasteiger partial charge in [0.2, 0.25) is 5.91 Å². The SMILES string of the molecule is CCC(C)(CCOC(C)(C)CCOCCNC(=O)CCC(=O)O)OC. The number of carbonyl (C=O) groups is 2. The smallest absolute Gasteiger partial charge is 0.303 e. The minimum atomic E-state index is -0.974. The second-order valence-corrected chi connectivity index (χ2v) is 6.97. The van der Waals surface area contributed by atoms with E-state index in [0.29, 0.717) is 26.4 Å². The number of carbonyl (C=O) groups excluding carboxylic acids is 1. The van der Waals surface area contributed by atoms with E-state index < -0.39 is 5.97 Å². The maximum Gasteiger partial charge on any atom is 0.303 e. The van der Waals surface area contributed by atoms with Gasteiger partial charge in [0.05, 0.1) is 30.8 Å². The molecule has 0 aromatic carbocycles. The largest absolute Gasteiger partial charge is 0.481 e. The number of aliphatic carboxylic acids is 1. The molecule has 1 atom stereocenters. The molecule has 0 aliphatic heterocycles. The summed E-state index contributed by atoms with van der Waals surface area (Å²) in [7, 11) is 1.73. The number of methoxy groups -OCH3 is 1. The molecule has 0 heterocycles. The Labute approximate surface area is 151 Å². The number of amides is 1. The predicted octanol–water partition coefficient (Wildman–Crippen LogP) is 2.37. The molecule has 148 valence electrons. The Morgan fingerprint density at radius 1 is 1.04 bits per heavy atom. The average Bonchev–Trinajstić information content (AvgIpc) is 2.55. The van der Waals surface area contributed by atoms with E-state index in [2.05, 4.69) is 19.2 Å². The van der Waals surface area contributed by atoms with Crippen molar-refractivity contribution in [2.45, 2.75) is 71.0 Å². The van der Waals surface area contributed by atoms with Crippen LogP contribution in [0.5, 0.6) is 0 Å². The van der Waals surface area contributed by atoms with E-state index in [9.17, 15) is 9.59 Å². The first-order chi connectivity index (χ1) is 11.6. The molecule has 0 radical (unpaired) electrons. The molecule has 0 aliphatic rings. The first-order valence-corrected chi connectivity index (χ1v) is 8.89. The summed E-state index contributed by atoms with van der Waals surface area (Å²) in [5.74, 6) is -1.25. The first kappa shape index (κ1) is 23.8. The molecule has 2 N–H and O–H groups in total. The quantitative estimate of drug-likeness (QED) is 0.435. The molecule has 0 aromatic heterocycles. The third kappa shape index (κ3) is 12.8. The monoisotopic (exact) mass is 361 g/mol. The van der Waals surface area contributed by atoms with Crippen LogP contribution in [-0.2, 0) is 23.8 Å². The van der Waals surface area contributed by atoms with Gasteiger partial charge in [-0.1, -0.05) is 6.92 Å². The van der Waals surface area contributed by atoms with Crippen LogP contribution in [0.3, 0.4) is 0 Å². The number of carboxylic acid groups (broad SMARTS) is 1. The molecule has 0 saturated heterocycles. The van der Waals surface area contributed by atoms with Crippen LogP contribution >= 0.6 is 0 Å². The average molecular weight is 361 g/mol. The fraction of sp³-hybridized carbons (Fsp3) is 0.889. The zero-order valence-corrected chi connectivity index (χ0v) is 16.4. The fourth-order valence-electron chi connectivity index (χ4n) is 2.03. The third-order valence-electron chi connectivity index (χ3n) is 4.35. The zero-order chi connectivity index (χ0) is 19.3. The Bertz CT molecular complexity index is 393. The van der Waals surface area contributed by atoms with Crippen LogP contribution in [0.4, 0.5) is 0 Å². The molecular formula is C18H35NO6. The number of hydrogen-bond acceptors (Lipinski definition) is 5. The van der Waals surface area contributed by atoms with Crippen molar-refractivity contribution in [3.05, 3.63) is 0 Å². The van der Waals surface area contributed by atoms with Crippen molar-refractivity contribution < 1.29 is 28.9 Å². The highest BCUT2D eigenvalue weighted by Crippen LogP contribution is 2.21. The van der Waals surface area contributed by atoms with Gasteiger partial charge >= 0.3 is 5.97 Å². The van der Waals surface area contributed by atoms with Crippen LogP contribution < -0.4 is 5.32 Å². The molecular weight excluding hydrogens is 326 g/mol. The van der Waals surface area contributed by atoms with Crippen LogP contribution in [0.15, 0.2) is 0 Å². The Morgan fingerprint density at radius 2 is 1.72 bits per heavy atom. The summed E-state index contributed by atoms with van der Waals surface area (Å²) in [6.07, 6.45) is 2.36. The maximum absolute atomic E-state index is 11.3. The second-order valence-electron chi connectivity index (χ2n) is 6.97. The number of carboxylic acids is 1. The highest BCUT2D eigenvalue weighted by molar-refractivity contribution is 5.80. The molecule has 0 fully saturated rings. The van der Waals surface area contributed by atoms with Gasteiger partial charge in [-0.25, -0.2) is 0 Å². The van der Waals surface area contributed by atoms with E-state index >= 15 is 0 Å². The molecule has 0 aromatic rings. The van der Waals surface area contributed by atoms with Crippen molar-refractivity contribution in [1.29, 1.82) is 0 Å². The van der Waals surface area contributed by atoms with Crippen LogP contribution in [0.25, 0.3) is 0 Å². The lowest BCUT2D eigenvalue weighted by atomic mass is 9.99. The number of rotatable bonds is 15. The van der Waals surface area contributed by atoms with Crippen LogP contribution in [0.2, 0.25) is 0 Å². The van der Waals surface area contributed by atoms with Crippen molar-refractivity contribution in [2.75, 3.05) is 33.5 Å². The van der Waals surface area contributed by atoms with Crippen LogP contribution in [0.1, 0.15) is 59.8 Å². The topological polar surface area (TPSA) is 94.1 Å². The third-order valence-corrected chi connectivity index (χ3v) is 4.35. The summed E-state index contributed by atoms with van der Waals surface area (Å²) >= 11 is 0. The van der Waals surface area contributed by atoms with Gasteiger partial charge in [-0.15, -0.1) is 0 Å². The van der Waals surface area contributed by atoms with Crippen molar-refractivity contribution in [1.82, 2.24) is 5.32 Å². The van der Waals surface area contributed by atoms with Gasteiger partial charge in [-0.05, 0) is 40.0 Å². The first-order valence-electron chi connectivity index (χ1n) is 8.89. The molecule has 1 amide bonds. The minimum Gasteiger partial charge on any atom is -0.481 e. The van der Waals surface area contributed by atoms with Gasteiger partial charge in [0, 0.05) is 26.7 Å². The van der Waals surface area contributed by atoms with Gasteiger partial charge < -0.3 is 24.6 Å². The van der Waals surface area contributed by atoms with Gasteiger partial charge in [-0.2, -0.15) is 0 Å². The molecule has 25 heavy (non-hydrogen) atoms.